The first-order valence-electron chi connectivity index (χ1n) is 11.4. The molecule has 0 aromatic heterocycles. The lowest BCUT2D eigenvalue weighted by atomic mass is 10.2. The van der Waals surface area contributed by atoms with Crippen LogP contribution in [0.15, 0.2) is 119 Å². The molecule has 38 heavy (non-hydrogen) atoms. The Labute approximate surface area is 225 Å². The molecular formula is C28H22ClN3O5S. The van der Waals surface area contributed by atoms with E-state index in [4.69, 9.17) is 16.3 Å². The average Bonchev–Trinajstić information content (AvgIpc) is 2.94. The molecule has 8 nitrogen and oxygen atoms in total. The van der Waals surface area contributed by atoms with Crippen molar-refractivity contribution in [3.8, 4) is 5.75 Å². The molecule has 0 unspecified atom stereocenters. The summed E-state index contributed by atoms with van der Waals surface area (Å²) in [5.41, 5.74) is 3.68. The molecule has 4 aromatic carbocycles. The second-order valence-corrected chi connectivity index (χ2v) is 10.2. The van der Waals surface area contributed by atoms with Gasteiger partial charge in [-0.25, -0.2) is 18.6 Å². The standard InChI is InChI=1S/C28H22ClN3O5S/c29-23-13-15-24(16-14-23)32(38(35,36)26-9-5-2-6-10-26)20-27(33)31-30-19-21-11-17-25(18-12-21)37-28(34)22-7-3-1-4-8-22/h1-19H,20H2,(H,31,33)/b30-19-. The van der Waals surface area contributed by atoms with Crippen molar-refractivity contribution in [1.82, 2.24) is 5.43 Å². The molecule has 0 radical (unpaired) electrons. The Morgan fingerprint density at radius 3 is 2.08 bits per heavy atom. The minimum atomic E-state index is -4.04. The molecule has 4 aromatic rings. The smallest absolute Gasteiger partial charge is 0.343 e. The van der Waals surface area contributed by atoms with Crippen LogP contribution in [-0.4, -0.2) is 33.1 Å². The van der Waals surface area contributed by atoms with Crippen molar-refractivity contribution in [3.63, 3.8) is 0 Å². The second kappa shape index (κ2) is 12.2. The van der Waals surface area contributed by atoms with Gasteiger partial charge >= 0.3 is 5.97 Å². The molecule has 0 saturated carbocycles. The van der Waals surface area contributed by atoms with Crippen LogP contribution in [-0.2, 0) is 14.8 Å². The van der Waals surface area contributed by atoms with Crippen LogP contribution < -0.4 is 14.5 Å². The van der Waals surface area contributed by atoms with Crippen molar-refractivity contribution >= 4 is 45.4 Å². The number of carbonyl (C=O) groups excluding carboxylic acids is 2. The fraction of sp³-hybridized carbons (Fsp3) is 0.0357. The van der Waals surface area contributed by atoms with E-state index in [0.717, 1.165) is 4.31 Å². The quantitative estimate of drug-likeness (QED) is 0.139. The lowest BCUT2D eigenvalue weighted by Crippen LogP contribution is -2.39. The van der Waals surface area contributed by atoms with Crippen LogP contribution in [0.5, 0.6) is 5.75 Å². The Balaban J connectivity index is 1.41. The van der Waals surface area contributed by atoms with Crippen LogP contribution in [0.1, 0.15) is 15.9 Å². The zero-order valence-corrected chi connectivity index (χ0v) is 21.5. The molecule has 1 amide bonds. The molecule has 0 spiro atoms. The number of hydrogen-bond acceptors (Lipinski definition) is 6. The van der Waals surface area contributed by atoms with Gasteiger partial charge in [0.15, 0.2) is 0 Å². The van der Waals surface area contributed by atoms with Crippen molar-refractivity contribution in [1.29, 1.82) is 0 Å². The fourth-order valence-corrected chi connectivity index (χ4v) is 4.92. The van der Waals surface area contributed by atoms with Gasteiger partial charge in [-0.05, 0) is 78.4 Å². The van der Waals surface area contributed by atoms with Crippen LogP contribution >= 0.6 is 11.6 Å². The van der Waals surface area contributed by atoms with Crippen molar-refractivity contribution in [3.05, 3.63) is 125 Å². The van der Waals surface area contributed by atoms with E-state index in [1.54, 1.807) is 84.9 Å². The third-order valence-electron chi connectivity index (χ3n) is 5.24. The zero-order chi connectivity index (χ0) is 27.0. The van der Waals surface area contributed by atoms with Gasteiger partial charge in [0.1, 0.15) is 12.3 Å². The summed E-state index contributed by atoms with van der Waals surface area (Å²) in [5.74, 6) is -0.774. The first kappa shape index (κ1) is 26.6. The number of anilines is 1. The van der Waals surface area contributed by atoms with Gasteiger partial charge in [0.25, 0.3) is 15.9 Å². The number of nitrogens with one attached hydrogen (secondary N) is 1. The summed E-state index contributed by atoms with van der Waals surface area (Å²) in [4.78, 5) is 24.9. The summed E-state index contributed by atoms with van der Waals surface area (Å²) in [7, 11) is -4.04. The number of hydrogen-bond donors (Lipinski definition) is 1. The molecule has 4 rings (SSSR count). The van der Waals surface area contributed by atoms with E-state index < -0.39 is 28.4 Å². The average molecular weight is 548 g/mol. The summed E-state index contributed by atoms with van der Waals surface area (Å²) < 4.78 is 32.9. The number of rotatable bonds is 9. The number of hydrazone groups is 1. The van der Waals surface area contributed by atoms with Crippen LogP contribution in [0.2, 0.25) is 5.02 Å². The summed E-state index contributed by atoms with van der Waals surface area (Å²) in [6, 6.07) is 29.1. The van der Waals surface area contributed by atoms with Gasteiger partial charge in [-0.3, -0.25) is 9.10 Å². The van der Waals surface area contributed by atoms with Crippen molar-refractivity contribution < 1.29 is 22.7 Å². The van der Waals surface area contributed by atoms with Crippen molar-refractivity contribution in [2.24, 2.45) is 5.10 Å². The molecule has 0 aliphatic heterocycles. The van der Waals surface area contributed by atoms with Crippen molar-refractivity contribution in [2.75, 3.05) is 10.8 Å². The van der Waals surface area contributed by atoms with Crippen LogP contribution in [0.3, 0.4) is 0 Å². The summed E-state index contributed by atoms with van der Waals surface area (Å²) in [5, 5.41) is 4.35. The molecule has 0 bridgehead atoms. The number of amides is 1. The van der Waals surface area contributed by atoms with E-state index in [1.807, 2.05) is 0 Å². The van der Waals surface area contributed by atoms with Crippen LogP contribution in [0.25, 0.3) is 0 Å². The third kappa shape index (κ3) is 6.84. The van der Waals surface area contributed by atoms with Gasteiger partial charge in [0, 0.05) is 5.02 Å². The second-order valence-electron chi connectivity index (χ2n) is 7.92. The predicted octanol–water partition coefficient (Wildman–Crippen LogP) is 4.90. The van der Waals surface area contributed by atoms with E-state index >= 15 is 0 Å². The number of benzene rings is 4. The largest absolute Gasteiger partial charge is 0.423 e. The van der Waals surface area contributed by atoms with Gasteiger partial charge in [-0.2, -0.15) is 5.10 Å². The maximum Gasteiger partial charge on any atom is 0.343 e. The number of nitrogens with zero attached hydrogens (tertiary/aromatic N) is 2. The predicted molar refractivity (Wildman–Crippen MR) is 146 cm³/mol. The zero-order valence-electron chi connectivity index (χ0n) is 19.9. The van der Waals surface area contributed by atoms with E-state index in [1.165, 1.54) is 30.5 Å². The molecule has 0 aliphatic carbocycles. The number of sulfonamides is 1. The fourth-order valence-electron chi connectivity index (χ4n) is 3.35. The minimum Gasteiger partial charge on any atom is -0.423 e. The maximum absolute atomic E-state index is 13.3. The minimum absolute atomic E-state index is 0.0410. The molecular weight excluding hydrogens is 526 g/mol. The molecule has 0 heterocycles. The summed E-state index contributed by atoms with van der Waals surface area (Å²) in [6.45, 7) is -0.509. The highest BCUT2D eigenvalue weighted by molar-refractivity contribution is 7.92. The number of ether oxygens (including phenoxy) is 1. The Morgan fingerprint density at radius 1 is 0.842 bits per heavy atom. The normalized spacial score (nSPS) is 11.2. The Hall–Kier alpha value is -4.47. The van der Waals surface area contributed by atoms with E-state index in [-0.39, 0.29) is 10.6 Å². The third-order valence-corrected chi connectivity index (χ3v) is 7.28. The number of halogens is 1. The number of carbonyl (C=O) groups is 2. The molecule has 0 saturated heterocycles. The molecule has 0 atom stereocenters. The molecule has 1 N–H and O–H groups in total. The van der Waals surface area contributed by atoms with Gasteiger partial charge in [0.2, 0.25) is 0 Å². The van der Waals surface area contributed by atoms with Gasteiger partial charge in [-0.15, -0.1) is 0 Å². The van der Waals surface area contributed by atoms with Gasteiger partial charge < -0.3 is 4.74 Å². The molecule has 10 heteroatoms. The molecule has 0 aliphatic rings. The highest BCUT2D eigenvalue weighted by Gasteiger charge is 2.27. The molecule has 192 valence electrons. The van der Waals surface area contributed by atoms with E-state index in [0.29, 0.717) is 21.9 Å². The summed E-state index contributed by atoms with van der Waals surface area (Å²) in [6.07, 6.45) is 1.39. The summed E-state index contributed by atoms with van der Waals surface area (Å²) >= 11 is 5.95. The van der Waals surface area contributed by atoms with Crippen molar-refractivity contribution in [2.45, 2.75) is 4.90 Å². The van der Waals surface area contributed by atoms with Crippen LogP contribution in [0.4, 0.5) is 5.69 Å². The molecule has 0 fully saturated rings. The lowest BCUT2D eigenvalue weighted by molar-refractivity contribution is -0.119. The van der Waals surface area contributed by atoms with E-state index in [2.05, 4.69) is 10.5 Å². The van der Waals surface area contributed by atoms with Gasteiger partial charge in [0.05, 0.1) is 22.4 Å². The Kier molecular flexibility index (Phi) is 8.52. The first-order chi connectivity index (χ1) is 18.3. The highest BCUT2D eigenvalue weighted by Crippen LogP contribution is 2.25. The topological polar surface area (TPSA) is 105 Å². The lowest BCUT2D eigenvalue weighted by Gasteiger charge is -2.23. The first-order valence-corrected chi connectivity index (χ1v) is 13.2. The monoisotopic (exact) mass is 547 g/mol. The Bertz CT molecular complexity index is 1530. The maximum atomic E-state index is 13.3. The van der Waals surface area contributed by atoms with Gasteiger partial charge in [-0.1, -0.05) is 48.0 Å². The SMILES string of the molecule is O=C(CN(c1ccc(Cl)cc1)S(=O)(=O)c1ccccc1)N/N=C\c1ccc(OC(=O)c2ccccc2)cc1. The van der Waals surface area contributed by atoms with Crippen LogP contribution in [0, 0.1) is 0 Å². The highest BCUT2D eigenvalue weighted by atomic mass is 35.5. The Morgan fingerprint density at radius 2 is 1.45 bits per heavy atom. The number of esters is 1. The van der Waals surface area contributed by atoms with E-state index in [9.17, 15) is 18.0 Å².